The molecule has 2 aromatic rings. The van der Waals surface area contributed by atoms with Gasteiger partial charge in [-0.3, -0.25) is 0 Å². The van der Waals surface area contributed by atoms with Crippen molar-refractivity contribution in [3.63, 3.8) is 0 Å². The molecule has 4 nitrogen and oxygen atoms in total. The van der Waals surface area contributed by atoms with Gasteiger partial charge in [-0.2, -0.15) is 0 Å². The SMILES string of the molecule is CC1OC(CO)C(OCc2ccccc2)C(OCc2ccccc2)C1C. The van der Waals surface area contributed by atoms with E-state index in [-0.39, 0.29) is 36.9 Å². The lowest BCUT2D eigenvalue weighted by molar-refractivity contribution is -0.234. The van der Waals surface area contributed by atoms with E-state index in [0.29, 0.717) is 13.2 Å². The van der Waals surface area contributed by atoms with Crippen LogP contribution in [-0.2, 0) is 27.4 Å². The van der Waals surface area contributed by atoms with Gasteiger partial charge in [0, 0.05) is 5.92 Å². The van der Waals surface area contributed by atoms with Crippen LogP contribution in [0.5, 0.6) is 0 Å². The first-order chi connectivity index (χ1) is 12.7. The van der Waals surface area contributed by atoms with Gasteiger partial charge in [-0.05, 0) is 18.1 Å². The lowest BCUT2D eigenvalue weighted by atomic mass is 9.88. The standard InChI is InChI=1S/C22H28O4/c1-16-17(2)26-20(13-23)22(25-15-19-11-7-4-8-12-19)21(16)24-14-18-9-5-3-6-10-18/h3-12,16-17,20-23H,13-15H2,1-2H3. The average molecular weight is 356 g/mol. The maximum absolute atomic E-state index is 9.81. The molecule has 1 N–H and O–H groups in total. The molecule has 0 radical (unpaired) electrons. The molecule has 0 aromatic heterocycles. The first kappa shape index (κ1) is 19.1. The van der Waals surface area contributed by atoms with Gasteiger partial charge >= 0.3 is 0 Å². The largest absolute Gasteiger partial charge is 0.394 e. The summed E-state index contributed by atoms with van der Waals surface area (Å²) >= 11 is 0. The van der Waals surface area contributed by atoms with Gasteiger partial charge in [-0.1, -0.05) is 67.6 Å². The molecule has 0 aliphatic carbocycles. The van der Waals surface area contributed by atoms with Crippen LogP contribution in [0.3, 0.4) is 0 Å². The van der Waals surface area contributed by atoms with E-state index in [2.05, 4.69) is 19.1 Å². The number of hydrogen-bond acceptors (Lipinski definition) is 4. The van der Waals surface area contributed by atoms with Crippen LogP contribution in [0.25, 0.3) is 0 Å². The fourth-order valence-corrected chi connectivity index (χ4v) is 3.38. The molecule has 5 unspecified atom stereocenters. The van der Waals surface area contributed by atoms with Crippen LogP contribution in [0.4, 0.5) is 0 Å². The highest BCUT2D eigenvalue weighted by molar-refractivity contribution is 5.14. The second kappa shape index (κ2) is 9.28. The zero-order valence-corrected chi connectivity index (χ0v) is 15.5. The summed E-state index contributed by atoms with van der Waals surface area (Å²) in [6, 6.07) is 20.2. The second-order valence-electron chi connectivity index (χ2n) is 6.94. The Balaban J connectivity index is 1.71. The second-order valence-corrected chi connectivity index (χ2v) is 6.94. The normalized spacial score (nSPS) is 28.8. The number of benzene rings is 2. The smallest absolute Gasteiger partial charge is 0.113 e. The van der Waals surface area contributed by atoms with Gasteiger partial charge < -0.3 is 19.3 Å². The van der Waals surface area contributed by atoms with Gasteiger partial charge in [0.15, 0.2) is 0 Å². The van der Waals surface area contributed by atoms with Crippen molar-refractivity contribution in [3.8, 4) is 0 Å². The van der Waals surface area contributed by atoms with Crippen LogP contribution in [0.1, 0.15) is 25.0 Å². The fraction of sp³-hybridized carbons (Fsp3) is 0.455. The van der Waals surface area contributed by atoms with Gasteiger partial charge in [0.1, 0.15) is 12.2 Å². The third-order valence-corrected chi connectivity index (χ3v) is 5.09. The lowest BCUT2D eigenvalue weighted by Gasteiger charge is -2.44. The van der Waals surface area contributed by atoms with Gasteiger partial charge in [0.2, 0.25) is 0 Å². The lowest BCUT2D eigenvalue weighted by Crippen LogP contribution is -2.56. The van der Waals surface area contributed by atoms with Gasteiger partial charge in [0.25, 0.3) is 0 Å². The summed E-state index contributed by atoms with van der Waals surface area (Å²) in [6.07, 6.45) is -0.829. The molecule has 1 saturated heterocycles. The molecule has 0 saturated carbocycles. The highest BCUT2D eigenvalue weighted by Crippen LogP contribution is 2.31. The molecule has 1 aliphatic rings. The molecule has 26 heavy (non-hydrogen) atoms. The Labute approximate surface area is 155 Å². The molecule has 1 heterocycles. The topological polar surface area (TPSA) is 47.9 Å². The van der Waals surface area contributed by atoms with Gasteiger partial charge in [0.05, 0.1) is 32.0 Å². The van der Waals surface area contributed by atoms with E-state index >= 15 is 0 Å². The summed E-state index contributed by atoms with van der Waals surface area (Å²) in [5.41, 5.74) is 2.22. The van der Waals surface area contributed by atoms with Crippen molar-refractivity contribution in [3.05, 3.63) is 71.8 Å². The van der Waals surface area contributed by atoms with Crippen LogP contribution >= 0.6 is 0 Å². The Morgan fingerprint density at radius 2 is 1.31 bits per heavy atom. The van der Waals surface area contributed by atoms with E-state index in [1.807, 2.05) is 55.5 Å². The van der Waals surface area contributed by atoms with E-state index < -0.39 is 0 Å². The van der Waals surface area contributed by atoms with Crippen molar-refractivity contribution < 1.29 is 19.3 Å². The maximum atomic E-state index is 9.81. The monoisotopic (exact) mass is 356 g/mol. The minimum atomic E-state index is -0.384. The summed E-state index contributed by atoms with van der Waals surface area (Å²) < 4.78 is 18.4. The van der Waals surface area contributed by atoms with E-state index in [9.17, 15) is 5.11 Å². The summed E-state index contributed by atoms with van der Waals surface area (Å²) in [5, 5.41) is 9.81. The average Bonchev–Trinajstić information content (AvgIpc) is 2.69. The summed E-state index contributed by atoms with van der Waals surface area (Å²) in [5.74, 6) is 0.169. The first-order valence-corrected chi connectivity index (χ1v) is 9.26. The molecule has 2 aromatic carbocycles. The molecule has 3 rings (SSSR count). The number of hydrogen-bond donors (Lipinski definition) is 1. The van der Waals surface area contributed by atoms with E-state index in [4.69, 9.17) is 14.2 Å². The molecule has 1 fully saturated rings. The number of ether oxygens (including phenoxy) is 3. The molecular weight excluding hydrogens is 328 g/mol. The highest BCUT2D eigenvalue weighted by atomic mass is 16.6. The van der Waals surface area contributed by atoms with Crippen LogP contribution in [-0.4, -0.2) is 36.1 Å². The van der Waals surface area contributed by atoms with Crippen molar-refractivity contribution in [1.82, 2.24) is 0 Å². The molecular formula is C22H28O4. The molecule has 1 aliphatic heterocycles. The van der Waals surface area contributed by atoms with Crippen molar-refractivity contribution in [1.29, 1.82) is 0 Å². The van der Waals surface area contributed by atoms with Crippen molar-refractivity contribution in [2.45, 2.75) is 51.5 Å². The Kier molecular flexibility index (Phi) is 6.80. The Hall–Kier alpha value is -1.72. The van der Waals surface area contributed by atoms with Gasteiger partial charge in [-0.15, -0.1) is 0 Å². The zero-order chi connectivity index (χ0) is 18.4. The zero-order valence-electron chi connectivity index (χ0n) is 15.5. The summed E-state index contributed by atoms with van der Waals surface area (Å²) in [7, 11) is 0. The summed E-state index contributed by atoms with van der Waals surface area (Å²) in [4.78, 5) is 0. The van der Waals surface area contributed by atoms with E-state index in [0.717, 1.165) is 11.1 Å². The molecule has 0 spiro atoms. The van der Waals surface area contributed by atoms with Crippen LogP contribution in [0, 0.1) is 5.92 Å². The molecule has 5 atom stereocenters. The first-order valence-electron chi connectivity index (χ1n) is 9.26. The maximum Gasteiger partial charge on any atom is 0.113 e. The molecule has 140 valence electrons. The Morgan fingerprint density at radius 1 is 0.808 bits per heavy atom. The minimum absolute atomic E-state index is 0.00417. The highest BCUT2D eigenvalue weighted by Gasteiger charge is 2.43. The van der Waals surface area contributed by atoms with Crippen molar-refractivity contribution in [2.24, 2.45) is 5.92 Å². The Morgan fingerprint density at radius 3 is 1.81 bits per heavy atom. The molecule has 4 heteroatoms. The third kappa shape index (κ3) is 4.71. The van der Waals surface area contributed by atoms with E-state index in [1.54, 1.807) is 0 Å². The predicted octanol–water partition coefficient (Wildman–Crippen LogP) is 3.57. The van der Waals surface area contributed by atoms with E-state index in [1.165, 1.54) is 0 Å². The van der Waals surface area contributed by atoms with Crippen LogP contribution < -0.4 is 0 Å². The number of aliphatic hydroxyl groups excluding tert-OH is 1. The number of aliphatic hydroxyl groups is 1. The van der Waals surface area contributed by atoms with Gasteiger partial charge in [-0.25, -0.2) is 0 Å². The predicted molar refractivity (Wildman–Crippen MR) is 101 cm³/mol. The fourth-order valence-electron chi connectivity index (χ4n) is 3.38. The molecule has 0 amide bonds. The van der Waals surface area contributed by atoms with Crippen molar-refractivity contribution in [2.75, 3.05) is 6.61 Å². The summed E-state index contributed by atoms with van der Waals surface area (Å²) in [6.45, 7) is 5.05. The third-order valence-electron chi connectivity index (χ3n) is 5.09. The van der Waals surface area contributed by atoms with Crippen molar-refractivity contribution >= 4 is 0 Å². The molecule has 0 bridgehead atoms. The minimum Gasteiger partial charge on any atom is -0.394 e. The van der Waals surface area contributed by atoms with Crippen LogP contribution in [0.2, 0.25) is 0 Å². The quantitative estimate of drug-likeness (QED) is 0.824. The van der Waals surface area contributed by atoms with Crippen LogP contribution in [0.15, 0.2) is 60.7 Å². The Bertz CT molecular complexity index is 602. The number of rotatable bonds is 7.